The van der Waals surface area contributed by atoms with E-state index in [1.807, 2.05) is 16.8 Å². The molecule has 1 aliphatic rings. The van der Waals surface area contributed by atoms with Gasteiger partial charge in [0, 0.05) is 42.7 Å². The molecule has 0 bridgehead atoms. The summed E-state index contributed by atoms with van der Waals surface area (Å²) in [5, 5.41) is 9.34. The van der Waals surface area contributed by atoms with Gasteiger partial charge in [0.2, 0.25) is 0 Å². The number of halogens is 1. The van der Waals surface area contributed by atoms with Crippen LogP contribution in [0.4, 0.5) is 5.69 Å². The number of rotatable bonds is 3. The molecule has 138 valence electrons. The van der Waals surface area contributed by atoms with E-state index in [1.54, 1.807) is 54.7 Å². The van der Waals surface area contributed by atoms with Gasteiger partial charge in [-0.05, 0) is 42.8 Å². The van der Waals surface area contributed by atoms with Crippen LogP contribution in [0.1, 0.15) is 17.8 Å². The lowest BCUT2D eigenvalue weighted by Gasteiger charge is -2.22. The third-order valence-electron chi connectivity index (χ3n) is 4.76. The van der Waals surface area contributed by atoms with Crippen molar-refractivity contribution in [3.63, 3.8) is 0 Å². The van der Waals surface area contributed by atoms with E-state index in [0.29, 0.717) is 29.1 Å². The van der Waals surface area contributed by atoms with Gasteiger partial charge in [0.15, 0.2) is 0 Å². The third-order valence-corrected chi connectivity index (χ3v) is 4.97. The van der Waals surface area contributed by atoms with E-state index < -0.39 is 0 Å². The standard InChI is InChI=1S/C21H16ClN5O/c1-26(17-5-2-14(11-23)3-6-17)21(28)16-4-7-20-25-12-18(27(20)13-16)15-8-9-24-19(22)10-15/h2-3,5-6,8-10,12-13H,4,7H2,1H3. The second-order valence-electron chi connectivity index (χ2n) is 6.47. The van der Waals surface area contributed by atoms with Gasteiger partial charge >= 0.3 is 0 Å². The average Bonchev–Trinajstić information content (AvgIpc) is 3.16. The molecule has 28 heavy (non-hydrogen) atoms. The SMILES string of the molecule is CN(C(=O)C1=Cn2c(-c3ccnc(Cl)c3)cnc2CC1)c1ccc(C#N)cc1. The van der Waals surface area contributed by atoms with Crippen LogP contribution in [0.5, 0.6) is 0 Å². The van der Waals surface area contributed by atoms with E-state index in [2.05, 4.69) is 16.0 Å². The smallest absolute Gasteiger partial charge is 0.255 e. The normalized spacial score (nSPS) is 12.7. The van der Waals surface area contributed by atoms with Gasteiger partial charge in [-0.3, -0.25) is 4.79 Å². The van der Waals surface area contributed by atoms with Gasteiger partial charge in [-0.15, -0.1) is 0 Å². The van der Waals surface area contributed by atoms with Crippen molar-refractivity contribution in [1.82, 2.24) is 14.5 Å². The Labute approximate surface area is 167 Å². The van der Waals surface area contributed by atoms with Crippen LogP contribution in [0.25, 0.3) is 17.5 Å². The summed E-state index contributed by atoms with van der Waals surface area (Å²) in [5.41, 5.74) is 3.75. The molecule has 2 aromatic heterocycles. The van der Waals surface area contributed by atoms with Gasteiger partial charge in [0.05, 0.1) is 23.5 Å². The molecule has 1 aromatic carbocycles. The number of hydrogen-bond acceptors (Lipinski definition) is 4. The number of aryl methyl sites for hydroxylation is 1. The molecule has 3 aromatic rings. The van der Waals surface area contributed by atoms with Crippen LogP contribution in [0, 0.1) is 11.3 Å². The number of fused-ring (bicyclic) bond motifs is 1. The average molecular weight is 390 g/mol. The molecule has 0 saturated carbocycles. The minimum absolute atomic E-state index is 0.0808. The van der Waals surface area contributed by atoms with Crippen molar-refractivity contribution in [1.29, 1.82) is 5.26 Å². The molecule has 4 rings (SSSR count). The van der Waals surface area contributed by atoms with Gasteiger partial charge in [-0.1, -0.05) is 11.6 Å². The van der Waals surface area contributed by atoms with Gasteiger partial charge in [-0.25, -0.2) is 9.97 Å². The summed E-state index contributed by atoms with van der Waals surface area (Å²) in [4.78, 5) is 23.1. The fourth-order valence-electron chi connectivity index (χ4n) is 3.22. The zero-order valence-corrected chi connectivity index (χ0v) is 15.9. The van der Waals surface area contributed by atoms with Crippen LogP contribution in [0.2, 0.25) is 5.15 Å². The summed E-state index contributed by atoms with van der Waals surface area (Å²) in [6.07, 6.45) is 6.58. The molecule has 7 heteroatoms. The highest BCUT2D eigenvalue weighted by Crippen LogP contribution is 2.28. The summed E-state index contributed by atoms with van der Waals surface area (Å²) in [7, 11) is 1.73. The Bertz CT molecular complexity index is 1120. The van der Waals surface area contributed by atoms with E-state index in [1.165, 1.54) is 0 Å². The first-order chi connectivity index (χ1) is 13.6. The Balaban J connectivity index is 1.65. The molecule has 0 radical (unpaired) electrons. The number of nitriles is 1. The second-order valence-corrected chi connectivity index (χ2v) is 6.86. The molecule has 0 aliphatic carbocycles. The number of aromatic nitrogens is 3. The van der Waals surface area contributed by atoms with E-state index in [4.69, 9.17) is 16.9 Å². The summed E-state index contributed by atoms with van der Waals surface area (Å²) in [6.45, 7) is 0. The van der Waals surface area contributed by atoms with Crippen molar-refractivity contribution >= 4 is 29.4 Å². The minimum Gasteiger partial charge on any atom is -0.312 e. The van der Waals surface area contributed by atoms with Crippen molar-refractivity contribution in [3.8, 4) is 17.3 Å². The zero-order chi connectivity index (χ0) is 19.7. The van der Waals surface area contributed by atoms with Crippen LogP contribution in [-0.2, 0) is 11.2 Å². The van der Waals surface area contributed by atoms with E-state index >= 15 is 0 Å². The van der Waals surface area contributed by atoms with Crippen molar-refractivity contribution < 1.29 is 4.79 Å². The highest BCUT2D eigenvalue weighted by Gasteiger charge is 2.23. The Morgan fingerprint density at radius 1 is 1.21 bits per heavy atom. The summed E-state index contributed by atoms with van der Waals surface area (Å²) in [6, 6.07) is 12.7. The van der Waals surface area contributed by atoms with E-state index in [-0.39, 0.29) is 5.91 Å². The number of likely N-dealkylation sites (N-methyl/N-ethyl adjacent to an activating group) is 1. The number of carbonyl (C=O) groups excluding carboxylic acids is 1. The van der Waals surface area contributed by atoms with Crippen LogP contribution < -0.4 is 4.90 Å². The number of pyridine rings is 1. The Kier molecular flexibility index (Phi) is 4.68. The number of benzene rings is 1. The lowest BCUT2D eigenvalue weighted by Crippen LogP contribution is -2.29. The molecule has 0 unspecified atom stereocenters. The highest BCUT2D eigenvalue weighted by molar-refractivity contribution is 6.29. The maximum Gasteiger partial charge on any atom is 0.255 e. The Morgan fingerprint density at radius 2 is 2.00 bits per heavy atom. The number of amides is 1. The first kappa shape index (κ1) is 18.0. The maximum absolute atomic E-state index is 13.0. The molecular weight excluding hydrogens is 374 g/mol. The topological polar surface area (TPSA) is 74.8 Å². The number of hydrogen-bond donors (Lipinski definition) is 0. The Hall–Kier alpha value is -3.43. The number of imidazole rings is 1. The molecule has 1 aliphatic heterocycles. The van der Waals surface area contributed by atoms with E-state index in [9.17, 15) is 4.79 Å². The lowest BCUT2D eigenvalue weighted by molar-refractivity contribution is -0.115. The van der Waals surface area contributed by atoms with Gasteiger partial charge in [-0.2, -0.15) is 5.26 Å². The molecule has 0 saturated heterocycles. The van der Waals surface area contributed by atoms with Crippen LogP contribution >= 0.6 is 11.6 Å². The summed E-state index contributed by atoms with van der Waals surface area (Å²) < 4.78 is 1.94. The summed E-state index contributed by atoms with van der Waals surface area (Å²) >= 11 is 6.02. The third kappa shape index (κ3) is 3.28. The molecule has 0 fully saturated rings. The largest absolute Gasteiger partial charge is 0.312 e. The van der Waals surface area contributed by atoms with Gasteiger partial charge in [0.25, 0.3) is 5.91 Å². The highest BCUT2D eigenvalue weighted by atomic mass is 35.5. The fourth-order valence-corrected chi connectivity index (χ4v) is 3.40. The molecule has 3 heterocycles. The monoisotopic (exact) mass is 389 g/mol. The zero-order valence-electron chi connectivity index (χ0n) is 15.1. The van der Waals surface area contributed by atoms with Crippen molar-refractivity contribution in [2.24, 2.45) is 0 Å². The minimum atomic E-state index is -0.0808. The fraction of sp³-hybridized carbons (Fsp3) is 0.143. The van der Waals surface area contributed by atoms with Crippen molar-refractivity contribution in [2.45, 2.75) is 12.8 Å². The molecular formula is C21H16ClN5O. The van der Waals surface area contributed by atoms with Crippen LogP contribution in [-0.4, -0.2) is 27.5 Å². The predicted molar refractivity (Wildman–Crippen MR) is 108 cm³/mol. The quantitative estimate of drug-likeness (QED) is 0.636. The Morgan fingerprint density at radius 3 is 2.71 bits per heavy atom. The van der Waals surface area contributed by atoms with Gasteiger partial charge < -0.3 is 9.47 Å². The number of anilines is 1. The first-order valence-electron chi connectivity index (χ1n) is 8.74. The van der Waals surface area contributed by atoms with Crippen molar-refractivity contribution in [3.05, 3.63) is 70.9 Å². The van der Waals surface area contributed by atoms with Crippen LogP contribution in [0.3, 0.4) is 0 Å². The number of carbonyl (C=O) groups is 1. The molecule has 0 spiro atoms. The maximum atomic E-state index is 13.0. The van der Waals surface area contributed by atoms with E-state index in [0.717, 1.165) is 22.8 Å². The first-order valence-corrected chi connectivity index (χ1v) is 9.11. The molecule has 0 N–H and O–H groups in total. The summed E-state index contributed by atoms with van der Waals surface area (Å²) in [5.74, 6) is 0.822. The second kappa shape index (κ2) is 7.29. The molecule has 1 amide bonds. The van der Waals surface area contributed by atoms with Gasteiger partial charge in [0.1, 0.15) is 11.0 Å². The predicted octanol–water partition coefficient (Wildman–Crippen LogP) is 3.92. The molecule has 0 atom stereocenters. The number of nitrogens with zero attached hydrogens (tertiary/aromatic N) is 5. The lowest BCUT2D eigenvalue weighted by atomic mass is 10.1. The molecule has 6 nitrogen and oxygen atoms in total. The van der Waals surface area contributed by atoms with Crippen molar-refractivity contribution in [2.75, 3.05) is 11.9 Å². The van der Waals surface area contributed by atoms with Crippen LogP contribution in [0.15, 0.2) is 54.4 Å².